The Kier molecular flexibility index (Phi) is 5.37. The molecule has 118 valence electrons. The van der Waals surface area contributed by atoms with Crippen molar-refractivity contribution in [3.8, 4) is 0 Å². The van der Waals surface area contributed by atoms with Gasteiger partial charge in [0.05, 0.1) is 0 Å². The van der Waals surface area contributed by atoms with Gasteiger partial charge < -0.3 is 15.5 Å². The number of hydrogen-bond acceptors (Lipinski definition) is 6. The van der Waals surface area contributed by atoms with Crippen LogP contribution < -0.4 is 10.6 Å². The third-order valence-corrected chi connectivity index (χ3v) is 5.92. The Morgan fingerprint density at radius 1 is 1.33 bits per heavy atom. The molecule has 1 saturated heterocycles. The first kappa shape index (κ1) is 16.4. The van der Waals surface area contributed by atoms with Gasteiger partial charge in [0, 0.05) is 36.7 Å². The van der Waals surface area contributed by atoms with Gasteiger partial charge in [-0.25, -0.2) is 4.98 Å². The van der Waals surface area contributed by atoms with E-state index >= 15 is 0 Å². The van der Waals surface area contributed by atoms with E-state index in [-0.39, 0.29) is 5.91 Å². The number of nitrogen functional groups attached to an aromatic ring is 1. The standard InChI is InChI=1S/C14H24N4OS2/c1-5-17(6-2)14-16-12(15)11(21-14)13(19)18-7-9(3)20-10(4)8-18/h9-10H,5-8,15H2,1-4H3. The Morgan fingerprint density at radius 3 is 2.43 bits per heavy atom. The van der Waals surface area contributed by atoms with Crippen molar-refractivity contribution >= 4 is 40.0 Å². The number of carbonyl (C=O) groups is 1. The third-order valence-electron chi connectivity index (χ3n) is 3.58. The van der Waals surface area contributed by atoms with Gasteiger partial charge in [-0.1, -0.05) is 25.2 Å². The van der Waals surface area contributed by atoms with Crippen molar-refractivity contribution in [2.75, 3.05) is 36.8 Å². The molecule has 0 bridgehead atoms. The van der Waals surface area contributed by atoms with Crippen LogP contribution in [-0.4, -0.2) is 52.5 Å². The van der Waals surface area contributed by atoms with Gasteiger partial charge in [-0.15, -0.1) is 0 Å². The number of thiazole rings is 1. The van der Waals surface area contributed by atoms with Gasteiger partial charge in [0.1, 0.15) is 10.7 Å². The number of nitrogens with two attached hydrogens (primary N) is 1. The molecule has 1 amide bonds. The Hall–Kier alpha value is -0.950. The summed E-state index contributed by atoms with van der Waals surface area (Å²) in [5.74, 6) is 0.396. The van der Waals surface area contributed by atoms with E-state index in [0.717, 1.165) is 31.3 Å². The van der Waals surface area contributed by atoms with Gasteiger partial charge in [0.15, 0.2) is 5.13 Å². The predicted molar refractivity (Wildman–Crippen MR) is 92.5 cm³/mol. The zero-order valence-electron chi connectivity index (χ0n) is 13.1. The molecule has 0 aromatic carbocycles. The van der Waals surface area contributed by atoms with Gasteiger partial charge in [-0.2, -0.15) is 11.8 Å². The minimum Gasteiger partial charge on any atom is -0.382 e. The van der Waals surface area contributed by atoms with E-state index in [9.17, 15) is 4.79 Å². The van der Waals surface area contributed by atoms with Crippen LogP contribution in [0, 0.1) is 0 Å². The summed E-state index contributed by atoms with van der Waals surface area (Å²) in [7, 11) is 0. The fraction of sp³-hybridized carbons (Fsp3) is 0.714. The molecule has 21 heavy (non-hydrogen) atoms. The Morgan fingerprint density at radius 2 is 1.90 bits per heavy atom. The molecule has 0 saturated carbocycles. The van der Waals surface area contributed by atoms with Crippen LogP contribution in [0.4, 0.5) is 10.9 Å². The number of thioether (sulfide) groups is 1. The monoisotopic (exact) mass is 328 g/mol. The molecule has 5 nitrogen and oxygen atoms in total. The number of amides is 1. The average molecular weight is 329 g/mol. The average Bonchev–Trinajstić information content (AvgIpc) is 2.80. The van der Waals surface area contributed by atoms with Crippen molar-refractivity contribution in [2.24, 2.45) is 0 Å². The summed E-state index contributed by atoms with van der Waals surface area (Å²) < 4.78 is 0. The number of nitrogens with zero attached hydrogens (tertiary/aromatic N) is 3. The molecule has 0 aliphatic carbocycles. The van der Waals surface area contributed by atoms with Crippen LogP contribution in [0.3, 0.4) is 0 Å². The minimum atomic E-state index is 0.0300. The van der Waals surface area contributed by atoms with Crippen molar-refractivity contribution < 1.29 is 4.79 Å². The molecular weight excluding hydrogens is 304 g/mol. The normalized spacial score (nSPS) is 22.4. The number of aromatic nitrogens is 1. The second kappa shape index (κ2) is 6.87. The fourth-order valence-electron chi connectivity index (χ4n) is 2.59. The van der Waals surface area contributed by atoms with Gasteiger partial charge in [0.2, 0.25) is 0 Å². The summed E-state index contributed by atoms with van der Waals surface area (Å²) in [6, 6.07) is 0. The molecule has 0 radical (unpaired) electrons. The van der Waals surface area contributed by atoms with Crippen LogP contribution in [0.15, 0.2) is 0 Å². The van der Waals surface area contributed by atoms with E-state index in [1.165, 1.54) is 11.3 Å². The van der Waals surface area contributed by atoms with Crippen molar-refractivity contribution in [1.82, 2.24) is 9.88 Å². The number of carbonyl (C=O) groups excluding carboxylic acids is 1. The van der Waals surface area contributed by atoms with Crippen molar-refractivity contribution in [2.45, 2.75) is 38.2 Å². The summed E-state index contributed by atoms with van der Waals surface area (Å²) >= 11 is 3.35. The topological polar surface area (TPSA) is 62.5 Å². The predicted octanol–water partition coefficient (Wildman–Crippen LogP) is 2.54. The first-order valence-corrected chi connectivity index (χ1v) is 9.18. The van der Waals surface area contributed by atoms with Crippen LogP contribution in [0.2, 0.25) is 0 Å². The molecular formula is C14H24N4OS2. The highest BCUT2D eigenvalue weighted by atomic mass is 32.2. The van der Waals surface area contributed by atoms with Crippen LogP contribution in [0.5, 0.6) is 0 Å². The quantitative estimate of drug-likeness (QED) is 0.920. The largest absolute Gasteiger partial charge is 0.382 e. The highest BCUT2D eigenvalue weighted by Gasteiger charge is 2.29. The number of hydrogen-bond donors (Lipinski definition) is 1. The SMILES string of the molecule is CCN(CC)c1nc(N)c(C(=O)N2CC(C)SC(C)C2)s1. The van der Waals surface area contributed by atoms with Crippen molar-refractivity contribution in [3.63, 3.8) is 0 Å². The summed E-state index contributed by atoms with van der Waals surface area (Å²) in [5, 5.41) is 1.77. The lowest BCUT2D eigenvalue weighted by molar-refractivity contribution is 0.0759. The van der Waals surface area contributed by atoms with Gasteiger partial charge in [-0.3, -0.25) is 4.79 Å². The molecule has 2 heterocycles. The molecule has 2 rings (SSSR count). The summed E-state index contributed by atoms with van der Waals surface area (Å²) in [6.07, 6.45) is 0. The Balaban J connectivity index is 2.19. The molecule has 1 aliphatic rings. The third kappa shape index (κ3) is 3.63. The zero-order valence-corrected chi connectivity index (χ0v) is 14.8. The van der Waals surface area contributed by atoms with E-state index in [4.69, 9.17) is 5.73 Å². The van der Waals surface area contributed by atoms with Gasteiger partial charge in [-0.05, 0) is 13.8 Å². The van der Waals surface area contributed by atoms with Crippen LogP contribution in [-0.2, 0) is 0 Å². The van der Waals surface area contributed by atoms with Crippen LogP contribution >= 0.6 is 23.1 Å². The summed E-state index contributed by atoms with van der Waals surface area (Å²) in [5.41, 5.74) is 5.99. The van der Waals surface area contributed by atoms with Crippen molar-refractivity contribution in [1.29, 1.82) is 0 Å². The van der Waals surface area contributed by atoms with Crippen LogP contribution in [0.25, 0.3) is 0 Å². The van der Waals surface area contributed by atoms with E-state index in [1.54, 1.807) is 0 Å². The zero-order chi connectivity index (χ0) is 15.6. The second-order valence-electron chi connectivity index (χ2n) is 5.35. The molecule has 0 spiro atoms. The molecule has 7 heteroatoms. The Bertz CT molecular complexity index is 491. The van der Waals surface area contributed by atoms with E-state index < -0.39 is 0 Å². The summed E-state index contributed by atoms with van der Waals surface area (Å²) in [4.78, 5) is 21.7. The smallest absolute Gasteiger partial charge is 0.267 e. The maximum atomic E-state index is 12.7. The molecule has 1 aliphatic heterocycles. The fourth-order valence-corrected chi connectivity index (χ4v) is 5.00. The first-order chi connectivity index (χ1) is 9.96. The van der Waals surface area contributed by atoms with Gasteiger partial charge >= 0.3 is 0 Å². The minimum absolute atomic E-state index is 0.0300. The summed E-state index contributed by atoms with van der Waals surface area (Å²) in [6.45, 7) is 11.8. The molecule has 1 aromatic rings. The lowest BCUT2D eigenvalue weighted by atomic mass is 10.3. The maximum absolute atomic E-state index is 12.7. The second-order valence-corrected chi connectivity index (χ2v) is 8.21. The number of anilines is 2. The maximum Gasteiger partial charge on any atom is 0.267 e. The van der Waals surface area contributed by atoms with Crippen LogP contribution in [0.1, 0.15) is 37.4 Å². The molecule has 2 unspecified atom stereocenters. The molecule has 1 aromatic heterocycles. The van der Waals surface area contributed by atoms with E-state index in [0.29, 0.717) is 21.2 Å². The van der Waals surface area contributed by atoms with Crippen molar-refractivity contribution in [3.05, 3.63) is 4.88 Å². The first-order valence-electron chi connectivity index (χ1n) is 7.42. The number of rotatable bonds is 4. The lowest BCUT2D eigenvalue weighted by Gasteiger charge is -2.34. The highest BCUT2D eigenvalue weighted by Crippen LogP contribution is 2.31. The van der Waals surface area contributed by atoms with E-state index in [2.05, 4.69) is 37.6 Å². The van der Waals surface area contributed by atoms with Gasteiger partial charge in [0.25, 0.3) is 5.91 Å². The molecule has 1 fully saturated rings. The highest BCUT2D eigenvalue weighted by molar-refractivity contribution is 8.00. The molecule has 2 atom stereocenters. The molecule has 2 N–H and O–H groups in total. The lowest BCUT2D eigenvalue weighted by Crippen LogP contribution is -2.43. The van der Waals surface area contributed by atoms with E-state index in [1.807, 2.05) is 16.7 Å². The Labute approximate surface area is 134 Å².